The zero-order valence-corrected chi connectivity index (χ0v) is 14.6. The van der Waals surface area contributed by atoms with E-state index in [0.29, 0.717) is 0 Å². The summed E-state index contributed by atoms with van der Waals surface area (Å²) < 4.78 is 5.65. The Morgan fingerprint density at radius 3 is 2.30 bits per heavy atom. The normalized spacial score (nSPS) is 10.7. The molecule has 3 heteroatoms. The van der Waals surface area contributed by atoms with Gasteiger partial charge in [-0.2, -0.15) is 0 Å². The molecule has 0 aromatic heterocycles. The van der Waals surface area contributed by atoms with Gasteiger partial charge in [0.05, 0.1) is 6.10 Å². The molecule has 124 valence electrons. The minimum atomic E-state index is 0.208. The van der Waals surface area contributed by atoms with E-state index in [1.54, 1.807) is 0 Å². The van der Waals surface area contributed by atoms with E-state index < -0.39 is 0 Å². The molecule has 0 spiro atoms. The third-order valence-corrected chi connectivity index (χ3v) is 3.72. The second kappa shape index (κ2) is 8.47. The van der Waals surface area contributed by atoms with E-state index >= 15 is 0 Å². The molecule has 0 aliphatic heterocycles. The van der Waals surface area contributed by atoms with Crippen LogP contribution in [0.1, 0.15) is 31.9 Å². The van der Waals surface area contributed by atoms with Crippen molar-refractivity contribution in [2.75, 3.05) is 23.7 Å². The molecule has 0 heterocycles. The van der Waals surface area contributed by atoms with Crippen LogP contribution >= 0.6 is 0 Å². The third-order valence-electron chi connectivity index (χ3n) is 3.72. The lowest BCUT2D eigenvalue weighted by molar-refractivity contribution is 0.242. The Balaban J connectivity index is 1.82. The van der Waals surface area contributed by atoms with Crippen LogP contribution in [-0.4, -0.2) is 19.2 Å². The Kier molecular flexibility index (Phi) is 6.33. The number of benzene rings is 2. The number of aryl methyl sites for hydroxylation is 2. The maximum absolute atomic E-state index is 5.65. The van der Waals surface area contributed by atoms with E-state index in [-0.39, 0.29) is 6.10 Å². The van der Waals surface area contributed by atoms with Crippen LogP contribution in [0, 0.1) is 6.92 Å². The summed E-state index contributed by atoms with van der Waals surface area (Å²) in [4.78, 5) is 0. The summed E-state index contributed by atoms with van der Waals surface area (Å²) in [6.45, 7) is 10.2. The van der Waals surface area contributed by atoms with Gasteiger partial charge in [-0.25, -0.2) is 0 Å². The second-order valence-corrected chi connectivity index (χ2v) is 6.01. The van der Waals surface area contributed by atoms with Crippen LogP contribution in [0.3, 0.4) is 0 Å². The van der Waals surface area contributed by atoms with Gasteiger partial charge in [-0.05, 0) is 62.6 Å². The summed E-state index contributed by atoms with van der Waals surface area (Å²) in [5.74, 6) is 0.913. The largest absolute Gasteiger partial charge is 0.491 e. The predicted molar refractivity (Wildman–Crippen MR) is 99.7 cm³/mol. The average Bonchev–Trinajstić information content (AvgIpc) is 2.53. The summed E-state index contributed by atoms with van der Waals surface area (Å²) in [5, 5.41) is 6.99. The first-order valence-electron chi connectivity index (χ1n) is 8.43. The van der Waals surface area contributed by atoms with Crippen LogP contribution in [0.5, 0.6) is 5.75 Å². The van der Waals surface area contributed by atoms with Crippen LogP contribution in [-0.2, 0) is 6.42 Å². The van der Waals surface area contributed by atoms with E-state index in [1.807, 2.05) is 26.0 Å². The number of ether oxygens (including phenoxy) is 1. The molecule has 0 unspecified atom stereocenters. The highest BCUT2D eigenvalue weighted by Gasteiger charge is 2.03. The minimum absolute atomic E-state index is 0.208. The van der Waals surface area contributed by atoms with Crippen molar-refractivity contribution in [3.8, 4) is 5.75 Å². The third kappa shape index (κ3) is 5.20. The minimum Gasteiger partial charge on any atom is -0.491 e. The lowest BCUT2D eigenvalue weighted by Gasteiger charge is -2.15. The topological polar surface area (TPSA) is 33.3 Å². The van der Waals surface area contributed by atoms with Gasteiger partial charge in [0.1, 0.15) is 5.75 Å². The lowest BCUT2D eigenvalue weighted by atomic mass is 10.1. The fourth-order valence-electron chi connectivity index (χ4n) is 2.59. The van der Waals surface area contributed by atoms with Gasteiger partial charge in [-0.3, -0.25) is 0 Å². The van der Waals surface area contributed by atoms with Crippen molar-refractivity contribution < 1.29 is 4.74 Å². The van der Waals surface area contributed by atoms with Gasteiger partial charge in [0, 0.05) is 24.5 Å². The zero-order valence-electron chi connectivity index (χ0n) is 14.6. The molecular weight excluding hydrogens is 284 g/mol. The first kappa shape index (κ1) is 17.2. The van der Waals surface area contributed by atoms with Crippen molar-refractivity contribution in [3.63, 3.8) is 0 Å². The standard InChI is InChI=1S/C20H28N2O/c1-5-17-8-6-7-16(4)20(17)22-14-13-21-18-9-11-19(12-10-18)23-15(2)3/h6-12,15,21-22H,5,13-14H2,1-4H3. The summed E-state index contributed by atoms with van der Waals surface area (Å²) in [5.41, 5.74) is 5.07. The zero-order chi connectivity index (χ0) is 16.7. The summed E-state index contributed by atoms with van der Waals surface area (Å²) in [7, 11) is 0. The molecule has 2 aromatic rings. The Labute approximate surface area is 140 Å². The SMILES string of the molecule is CCc1cccc(C)c1NCCNc1ccc(OC(C)C)cc1. The Morgan fingerprint density at radius 1 is 0.957 bits per heavy atom. The molecule has 0 saturated carbocycles. The quantitative estimate of drug-likeness (QED) is 0.682. The molecule has 2 N–H and O–H groups in total. The van der Waals surface area contributed by atoms with Crippen molar-refractivity contribution in [1.29, 1.82) is 0 Å². The molecule has 2 rings (SSSR count). The molecule has 0 amide bonds. The highest BCUT2D eigenvalue weighted by molar-refractivity contribution is 5.57. The van der Waals surface area contributed by atoms with Gasteiger partial charge >= 0.3 is 0 Å². The van der Waals surface area contributed by atoms with E-state index in [1.165, 1.54) is 16.8 Å². The monoisotopic (exact) mass is 312 g/mol. The summed E-state index contributed by atoms with van der Waals surface area (Å²) in [6.07, 6.45) is 1.26. The van der Waals surface area contributed by atoms with Gasteiger partial charge in [-0.1, -0.05) is 25.1 Å². The number of anilines is 2. The summed E-state index contributed by atoms with van der Waals surface area (Å²) in [6, 6.07) is 14.6. The highest BCUT2D eigenvalue weighted by atomic mass is 16.5. The van der Waals surface area contributed by atoms with Crippen molar-refractivity contribution >= 4 is 11.4 Å². The van der Waals surface area contributed by atoms with Crippen LogP contribution in [0.15, 0.2) is 42.5 Å². The summed E-state index contributed by atoms with van der Waals surface area (Å²) >= 11 is 0. The van der Waals surface area contributed by atoms with Crippen molar-refractivity contribution in [1.82, 2.24) is 0 Å². The molecule has 2 aromatic carbocycles. The van der Waals surface area contributed by atoms with Gasteiger partial charge in [0.15, 0.2) is 0 Å². The predicted octanol–water partition coefficient (Wildman–Crippen LogP) is 4.87. The van der Waals surface area contributed by atoms with Crippen LogP contribution in [0.4, 0.5) is 11.4 Å². The van der Waals surface area contributed by atoms with E-state index in [2.05, 4.69) is 54.8 Å². The molecule has 23 heavy (non-hydrogen) atoms. The van der Waals surface area contributed by atoms with E-state index in [9.17, 15) is 0 Å². The van der Waals surface area contributed by atoms with Crippen LogP contribution < -0.4 is 15.4 Å². The molecule has 0 fully saturated rings. The molecule has 0 aliphatic rings. The van der Waals surface area contributed by atoms with Crippen LogP contribution in [0.2, 0.25) is 0 Å². The molecule has 0 aliphatic carbocycles. The Morgan fingerprint density at radius 2 is 1.65 bits per heavy atom. The number of rotatable bonds is 8. The van der Waals surface area contributed by atoms with Gasteiger partial charge in [-0.15, -0.1) is 0 Å². The lowest BCUT2D eigenvalue weighted by Crippen LogP contribution is -2.15. The second-order valence-electron chi connectivity index (χ2n) is 6.01. The van der Waals surface area contributed by atoms with Crippen LogP contribution in [0.25, 0.3) is 0 Å². The van der Waals surface area contributed by atoms with E-state index in [4.69, 9.17) is 4.74 Å². The molecule has 0 saturated heterocycles. The molecule has 0 atom stereocenters. The Bertz CT molecular complexity index is 606. The molecular formula is C20H28N2O. The van der Waals surface area contributed by atoms with Crippen molar-refractivity contribution in [2.45, 2.75) is 40.2 Å². The first-order chi connectivity index (χ1) is 11.1. The van der Waals surface area contributed by atoms with Gasteiger partial charge in [0.2, 0.25) is 0 Å². The fourth-order valence-corrected chi connectivity index (χ4v) is 2.59. The average molecular weight is 312 g/mol. The van der Waals surface area contributed by atoms with Gasteiger partial charge < -0.3 is 15.4 Å². The number of hydrogen-bond donors (Lipinski definition) is 2. The number of para-hydroxylation sites is 1. The van der Waals surface area contributed by atoms with E-state index in [0.717, 1.165) is 30.9 Å². The highest BCUT2D eigenvalue weighted by Crippen LogP contribution is 2.21. The van der Waals surface area contributed by atoms with Crippen molar-refractivity contribution in [2.24, 2.45) is 0 Å². The molecule has 0 radical (unpaired) electrons. The fraction of sp³-hybridized carbons (Fsp3) is 0.400. The van der Waals surface area contributed by atoms with Gasteiger partial charge in [0.25, 0.3) is 0 Å². The maximum atomic E-state index is 5.65. The Hall–Kier alpha value is -2.16. The molecule has 0 bridgehead atoms. The first-order valence-corrected chi connectivity index (χ1v) is 8.43. The van der Waals surface area contributed by atoms with Crippen molar-refractivity contribution in [3.05, 3.63) is 53.6 Å². The number of hydrogen-bond acceptors (Lipinski definition) is 3. The smallest absolute Gasteiger partial charge is 0.119 e. The maximum Gasteiger partial charge on any atom is 0.119 e. The number of nitrogens with one attached hydrogen (secondary N) is 2. The molecule has 3 nitrogen and oxygen atoms in total.